The molecule has 0 bridgehead atoms. The van der Waals surface area contributed by atoms with E-state index < -0.39 is 23.6 Å². The largest absolute Gasteiger partial charge is 0.466 e. The molecule has 2 heterocycles. The average molecular weight is 567 g/mol. The fourth-order valence-corrected chi connectivity index (χ4v) is 7.04. The number of rotatable bonds is 9. The van der Waals surface area contributed by atoms with Crippen molar-refractivity contribution >= 4 is 17.7 Å². The number of Topliss-reactive ketones (excluding diaryl/α,β-unsaturated/α-hetero) is 1. The number of hydrogen-bond acceptors (Lipinski definition) is 7. The Kier molecular flexibility index (Phi) is 8.20. The molecule has 2 aliphatic heterocycles. The highest BCUT2D eigenvalue weighted by molar-refractivity contribution is 6.00. The van der Waals surface area contributed by atoms with Crippen molar-refractivity contribution in [3.8, 4) is 0 Å². The van der Waals surface area contributed by atoms with Crippen molar-refractivity contribution in [2.45, 2.75) is 44.1 Å². The predicted octanol–water partition coefficient (Wildman–Crippen LogP) is 3.28. The number of piperazine rings is 1. The Morgan fingerprint density at radius 2 is 1.45 bits per heavy atom. The molecule has 1 N–H and O–H groups in total. The number of esters is 1. The molecule has 2 atom stereocenters. The Morgan fingerprint density at radius 1 is 0.857 bits per heavy atom. The second-order valence-electron chi connectivity index (χ2n) is 11.3. The van der Waals surface area contributed by atoms with E-state index >= 15 is 4.79 Å². The third kappa shape index (κ3) is 5.15. The Hall–Kier alpha value is -3.85. The van der Waals surface area contributed by atoms with Crippen LogP contribution in [0.1, 0.15) is 41.5 Å². The average Bonchev–Trinajstić information content (AvgIpc) is 3.47. The van der Waals surface area contributed by atoms with Crippen LogP contribution in [0.2, 0.25) is 0 Å². The van der Waals surface area contributed by atoms with Gasteiger partial charge in [-0.15, -0.1) is 0 Å². The van der Waals surface area contributed by atoms with Crippen LogP contribution < -0.4 is 5.32 Å². The molecule has 3 aromatic rings. The number of nitrogens with zero attached hydrogens (tertiary/aromatic N) is 3. The molecule has 0 aromatic heterocycles. The van der Waals surface area contributed by atoms with Crippen molar-refractivity contribution < 1.29 is 19.1 Å². The maximum absolute atomic E-state index is 15.1. The molecule has 42 heavy (non-hydrogen) atoms. The molecule has 8 heteroatoms. The summed E-state index contributed by atoms with van der Waals surface area (Å²) in [6.45, 7) is 6.24. The lowest BCUT2D eigenvalue weighted by atomic mass is 9.95. The van der Waals surface area contributed by atoms with Gasteiger partial charge in [-0.05, 0) is 29.2 Å². The van der Waals surface area contributed by atoms with Crippen molar-refractivity contribution in [3.63, 3.8) is 0 Å². The molecular formula is C34H38N4O4. The van der Waals surface area contributed by atoms with Gasteiger partial charge in [-0.25, -0.2) is 0 Å². The molecule has 1 amide bonds. The van der Waals surface area contributed by atoms with Crippen molar-refractivity contribution in [2.24, 2.45) is 0 Å². The maximum atomic E-state index is 15.1. The first-order valence-corrected chi connectivity index (χ1v) is 14.9. The number of carbonyl (C=O) groups is 3. The SMILES string of the molecule is CCOC(=O)C[C@H]1C(=O)NCCN1C[C@H]1C(=O)C2(c3ccccc31)N(Cc1ccccc1)CCN2Cc1ccccc1. The second kappa shape index (κ2) is 12.2. The number of carbonyl (C=O) groups excluding carboxylic acids is 3. The van der Waals surface area contributed by atoms with E-state index in [1.807, 2.05) is 53.4 Å². The monoisotopic (exact) mass is 566 g/mol. The van der Waals surface area contributed by atoms with Crippen LogP contribution in [-0.2, 0) is 37.9 Å². The topological polar surface area (TPSA) is 82.2 Å². The molecule has 2 saturated heterocycles. The van der Waals surface area contributed by atoms with E-state index in [4.69, 9.17) is 4.74 Å². The first-order chi connectivity index (χ1) is 20.5. The van der Waals surface area contributed by atoms with E-state index in [0.717, 1.165) is 35.3 Å². The van der Waals surface area contributed by atoms with Crippen LogP contribution in [0.4, 0.5) is 0 Å². The van der Waals surface area contributed by atoms with Crippen LogP contribution in [0.3, 0.4) is 0 Å². The van der Waals surface area contributed by atoms with Gasteiger partial charge >= 0.3 is 5.97 Å². The summed E-state index contributed by atoms with van der Waals surface area (Å²) in [5.74, 6) is -0.904. The Balaban J connectivity index is 1.38. The van der Waals surface area contributed by atoms with E-state index in [0.29, 0.717) is 32.7 Å². The standard InChI is InChI=1S/C34H38N4O4/c1-2-42-31(39)21-30-33(41)35-17-18-36(30)24-28-27-15-9-10-16-29(27)34(32(28)40)37(22-25-11-5-3-6-12-25)19-20-38(34)23-26-13-7-4-8-14-26/h3-16,28,30H,2,17-24H2,1H3,(H,35,41)/t28-,30+/m1/s1. The Morgan fingerprint density at radius 3 is 2.07 bits per heavy atom. The molecule has 3 aromatic carbocycles. The summed E-state index contributed by atoms with van der Waals surface area (Å²) >= 11 is 0. The van der Waals surface area contributed by atoms with Crippen LogP contribution >= 0.6 is 0 Å². The number of ether oxygens (including phenoxy) is 1. The molecule has 3 aliphatic rings. The number of nitrogens with one attached hydrogen (secondary N) is 1. The van der Waals surface area contributed by atoms with Crippen molar-refractivity contribution in [1.29, 1.82) is 0 Å². The van der Waals surface area contributed by atoms with E-state index in [2.05, 4.69) is 51.5 Å². The van der Waals surface area contributed by atoms with Crippen LogP contribution in [0.25, 0.3) is 0 Å². The molecule has 1 spiro atoms. The van der Waals surface area contributed by atoms with Gasteiger partial charge in [-0.1, -0.05) is 84.9 Å². The summed E-state index contributed by atoms with van der Waals surface area (Å²) in [5.41, 5.74) is 3.42. The fraction of sp³-hybridized carbons (Fsp3) is 0.382. The number of hydrogen-bond donors (Lipinski definition) is 1. The highest BCUT2D eigenvalue weighted by atomic mass is 16.5. The minimum absolute atomic E-state index is 0.0341. The molecule has 2 fully saturated rings. The summed E-state index contributed by atoms with van der Waals surface area (Å²) in [6.07, 6.45) is -0.0341. The van der Waals surface area contributed by atoms with E-state index in [1.165, 1.54) is 0 Å². The smallest absolute Gasteiger partial charge is 0.307 e. The molecule has 0 radical (unpaired) electrons. The lowest BCUT2D eigenvalue weighted by Gasteiger charge is -2.41. The Labute approximate surface area is 247 Å². The number of benzene rings is 3. The van der Waals surface area contributed by atoms with Crippen molar-refractivity contribution in [2.75, 3.05) is 39.3 Å². The number of ketones is 1. The predicted molar refractivity (Wildman–Crippen MR) is 159 cm³/mol. The van der Waals surface area contributed by atoms with Crippen LogP contribution in [0, 0.1) is 0 Å². The molecule has 1 aliphatic carbocycles. The van der Waals surface area contributed by atoms with E-state index in [-0.39, 0.29) is 24.7 Å². The molecule has 8 nitrogen and oxygen atoms in total. The summed E-state index contributed by atoms with van der Waals surface area (Å²) in [5, 5.41) is 2.89. The molecular weight excluding hydrogens is 528 g/mol. The normalized spacial score (nSPS) is 22.3. The summed E-state index contributed by atoms with van der Waals surface area (Å²) < 4.78 is 5.18. The lowest BCUT2D eigenvalue weighted by Crippen LogP contribution is -2.58. The first-order valence-electron chi connectivity index (χ1n) is 14.9. The third-order valence-electron chi connectivity index (χ3n) is 8.88. The van der Waals surface area contributed by atoms with Gasteiger partial charge in [0.05, 0.1) is 25.0 Å². The third-order valence-corrected chi connectivity index (χ3v) is 8.88. The number of fused-ring (bicyclic) bond motifs is 2. The fourth-order valence-electron chi connectivity index (χ4n) is 7.04. The second-order valence-corrected chi connectivity index (χ2v) is 11.3. The minimum atomic E-state index is -0.929. The van der Waals surface area contributed by atoms with E-state index in [1.54, 1.807) is 6.92 Å². The first kappa shape index (κ1) is 28.3. The van der Waals surface area contributed by atoms with Crippen LogP contribution in [-0.4, -0.2) is 77.7 Å². The number of amides is 1. The molecule has 218 valence electrons. The van der Waals surface area contributed by atoms with Gasteiger partial charge in [0.25, 0.3) is 0 Å². The van der Waals surface area contributed by atoms with Gasteiger partial charge in [0.2, 0.25) is 5.91 Å². The van der Waals surface area contributed by atoms with Crippen LogP contribution in [0.15, 0.2) is 84.9 Å². The van der Waals surface area contributed by atoms with Crippen LogP contribution in [0.5, 0.6) is 0 Å². The van der Waals surface area contributed by atoms with Gasteiger partial charge < -0.3 is 10.1 Å². The quantitative estimate of drug-likeness (QED) is 0.398. The Bertz CT molecular complexity index is 1380. The van der Waals surface area contributed by atoms with E-state index in [9.17, 15) is 9.59 Å². The lowest BCUT2D eigenvalue weighted by molar-refractivity contribution is -0.148. The maximum Gasteiger partial charge on any atom is 0.307 e. The zero-order valence-electron chi connectivity index (χ0n) is 24.1. The summed E-state index contributed by atoms with van der Waals surface area (Å²) in [4.78, 5) is 47.1. The van der Waals surface area contributed by atoms with Crippen molar-refractivity contribution in [3.05, 3.63) is 107 Å². The molecule has 0 unspecified atom stereocenters. The summed E-state index contributed by atoms with van der Waals surface area (Å²) in [6, 6.07) is 28.2. The zero-order chi connectivity index (χ0) is 29.1. The highest BCUT2D eigenvalue weighted by Crippen LogP contribution is 2.51. The minimum Gasteiger partial charge on any atom is -0.466 e. The zero-order valence-corrected chi connectivity index (χ0v) is 24.1. The molecule has 0 saturated carbocycles. The van der Waals surface area contributed by atoms with Gasteiger partial charge in [0, 0.05) is 45.8 Å². The van der Waals surface area contributed by atoms with Gasteiger partial charge in [0.15, 0.2) is 11.4 Å². The molecule has 6 rings (SSSR count). The van der Waals surface area contributed by atoms with Gasteiger partial charge in [-0.3, -0.25) is 29.1 Å². The van der Waals surface area contributed by atoms with Gasteiger partial charge in [-0.2, -0.15) is 0 Å². The van der Waals surface area contributed by atoms with Crippen molar-refractivity contribution in [1.82, 2.24) is 20.0 Å². The van der Waals surface area contributed by atoms with Gasteiger partial charge in [0.1, 0.15) is 0 Å². The summed E-state index contributed by atoms with van der Waals surface area (Å²) in [7, 11) is 0. The highest BCUT2D eigenvalue weighted by Gasteiger charge is 2.61.